The lowest BCUT2D eigenvalue weighted by molar-refractivity contribution is 0.0698. The van der Waals surface area contributed by atoms with Crippen LogP contribution in [-0.4, -0.2) is 27.7 Å². The Balaban J connectivity index is 3.20. The average molecular weight is 220 g/mol. The molecule has 0 fully saturated rings. The van der Waals surface area contributed by atoms with Gasteiger partial charge in [0.15, 0.2) is 0 Å². The molecule has 0 amide bonds. The van der Waals surface area contributed by atoms with Crippen LogP contribution in [0.25, 0.3) is 0 Å². The van der Waals surface area contributed by atoms with E-state index in [4.69, 9.17) is 10.3 Å². The van der Waals surface area contributed by atoms with Crippen LogP contribution in [0.3, 0.4) is 0 Å². The van der Waals surface area contributed by atoms with E-state index in [0.29, 0.717) is 17.1 Å². The van der Waals surface area contributed by atoms with Crippen molar-refractivity contribution in [1.29, 1.82) is 0 Å². The van der Waals surface area contributed by atoms with Crippen molar-refractivity contribution < 1.29 is 15.1 Å². The second kappa shape index (κ2) is 5.06. The molecule has 0 heterocycles. The molecular formula is C11H12N2O3. The quantitative estimate of drug-likeness (QED) is 0.466. The maximum absolute atomic E-state index is 10.9. The number of aromatic carboxylic acids is 1. The minimum absolute atomic E-state index is 0.118. The van der Waals surface area contributed by atoms with E-state index < -0.39 is 5.97 Å². The van der Waals surface area contributed by atoms with E-state index in [9.17, 15) is 4.79 Å². The summed E-state index contributed by atoms with van der Waals surface area (Å²) in [7, 11) is 0. The van der Waals surface area contributed by atoms with Crippen LogP contribution in [0, 0.1) is 0 Å². The maximum Gasteiger partial charge on any atom is 0.337 e. The van der Waals surface area contributed by atoms with Crippen molar-refractivity contribution >= 4 is 23.1 Å². The second-order valence-electron chi connectivity index (χ2n) is 3.20. The molecule has 5 nitrogen and oxygen atoms in total. The summed E-state index contributed by atoms with van der Waals surface area (Å²) in [5.74, 6) is -1.04. The summed E-state index contributed by atoms with van der Waals surface area (Å²) < 4.78 is 0. The zero-order valence-corrected chi connectivity index (χ0v) is 9.01. The number of aliphatic imine (C=N–C) groups is 1. The minimum atomic E-state index is -1.04. The van der Waals surface area contributed by atoms with Gasteiger partial charge in [-0.05, 0) is 26.0 Å². The molecule has 1 rings (SSSR count). The third-order valence-electron chi connectivity index (χ3n) is 2.10. The van der Waals surface area contributed by atoms with Gasteiger partial charge in [0.05, 0.1) is 22.7 Å². The first-order valence-electron chi connectivity index (χ1n) is 4.63. The normalized spacial score (nSPS) is 12.6. The largest absolute Gasteiger partial charge is 0.478 e. The van der Waals surface area contributed by atoms with E-state index in [-0.39, 0.29) is 5.56 Å². The van der Waals surface area contributed by atoms with Gasteiger partial charge in [-0.15, -0.1) is 0 Å². The van der Waals surface area contributed by atoms with Crippen LogP contribution in [0.5, 0.6) is 0 Å². The number of rotatable bonds is 3. The Bertz CT molecular complexity index is 464. The maximum atomic E-state index is 10.9. The van der Waals surface area contributed by atoms with Gasteiger partial charge in [0.1, 0.15) is 0 Å². The summed E-state index contributed by atoms with van der Waals surface area (Å²) >= 11 is 0. The molecule has 16 heavy (non-hydrogen) atoms. The van der Waals surface area contributed by atoms with E-state index in [1.54, 1.807) is 32.0 Å². The topological polar surface area (TPSA) is 82.2 Å². The van der Waals surface area contributed by atoms with Crippen molar-refractivity contribution in [2.45, 2.75) is 13.8 Å². The Kier molecular flexibility index (Phi) is 3.77. The number of nitrogens with zero attached hydrogens (tertiary/aromatic N) is 2. The first-order valence-corrected chi connectivity index (χ1v) is 4.63. The molecular weight excluding hydrogens is 208 g/mol. The number of para-hydroxylation sites is 1. The average Bonchev–Trinajstić information content (AvgIpc) is 2.28. The Morgan fingerprint density at radius 1 is 1.19 bits per heavy atom. The SMILES string of the molecule is CC(=Nc1ccccc1C(=O)O)/C(C)=N/O. The highest BCUT2D eigenvalue weighted by Gasteiger charge is 2.08. The molecule has 0 unspecified atom stereocenters. The fourth-order valence-electron chi connectivity index (χ4n) is 1.09. The predicted octanol–water partition coefficient (Wildman–Crippen LogP) is 2.33. The van der Waals surface area contributed by atoms with Gasteiger partial charge in [0.2, 0.25) is 0 Å². The van der Waals surface area contributed by atoms with Gasteiger partial charge < -0.3 is 10.3 Å². The molecule has 0 aliphatic carbocycles. The third-order valence-corrected chi connectivity index (χ3v) is 2.10. The molecule has 84 valence electrons. The smallest absolute Gasteiger partial charge is 0.337 e. The number of carbonyl (C=O) groups is 1. The Labute approximate surface area is 92.8 Å². The Hall–Kier alpha value is -2.17. The highest BCUT2D eigenvalue weighted by molar-refractivity contribution is 6.41. The minimum Gasteiger partial charge on any atom is -0.478 e. The van der Waals surface area contributed by atoms with Gasteiger partial charge in [0, 0.05) is 0 Å². The van der Waals surface area contributed by atoms with E-state index in [1.165, 1.54) is 6.07 Å². The molecule has 5 heteroatoms. The molecule has 1 aromatic carbocycles. The summed E-state index contributed by atoms with van der Waals surface area (Å²) in [6.45, 7) is 3.23. The number of benzene rings is 1. The number of hydrogen-bond acceptors (Lipinski definition) is 4. The van der Waals surface area contributed by atoms with Gasteiger partial charge in [-0.3, -0.25) is 4.99 Å². The number of carboxylic acid groups (broad SMARTS) is 1. The van der Waals surface area contributed by atoms with Crippen LogP contribution in [0.15, 0.2) is 34.4 Å². The number of carboxylic acids is 1. The van der Waals surface area contributed by atoms with E-state index in [0.717, 1.165) is 0 Å². The van der Waals surface area contributed by atoms with Gasteiger partial charge in [-0.25, -0.2) is 4.79 Å². The first kappa shape index (κ1) is 11.9. The Morgan fingerprint density at radius 2 is 1.81 bits per heavy atom. The molecule has 2 N–H and O–H groups in total. The molecule has 0 radical (unpaired) electrons. The summed E-state index contributed by atoms with van der Waals surface area (Å²) in [5, 5.41) is 20.5. The fraction of sp³-hybridized carbons (Fsp3) is 0.182. The second-order valence-corrected chi connectivity index (χ2v) is 3.20. The number of oxime groups is 1. The van der Waals surface area contributed by atoms with Crippen LogP contribution in [0.2, 0.25) is 0 Å². The Morgan fingerprint density at radius 3 is 2.38 bits per heavy atom. The summed E-state index contributed by atoms with van der Waals surface area (Å²) in [6, 6.07) is 6.40. The molecule has 0 aliphatic rings. The van der Waals surface area contributed by atoms with Crippen molar-refractivity contribution in [3.05, 3.63) is 29.8 Å². The molecule has 0 aliphatic heterocycles. The lowest BCUT2D eigenvalue weighted by Gasteiger charge is -2.02. The van der Waals surface area contributed by atoms with Gasteiger partial charge >= 0.3 is 5.97 Å². The van der Waals surface area contributed by atoms with Crippen LogP contribution in [0.4, 0.5) is 5.69 Å². The lowest BCUT2D eigenvalue weighted by atomic mass is 10.2. The van der Waals surface area contributed by atoms with E-state index in [1.807, 2.05) is 0 Å². The monoisotopic (exact) mass is 220 g/mol. The molecule has 0 bridgehead atoms. The van der Waals surface area contributed by atoms with Crippen LogP contribution >= 0.6 is 0 Å². The van der Waals surface area contributed by atoms with Crippen LogP contribution in [0.1, 0.15) is 24.2 Å². The summed E-state index contributed by atoms with van der Waals surface area (Å²) in [6.07, 6.45) is 0. The molecule has 1 aromatic rings. The fourth-order valence-corrected chi connectivity index (χ4v) is 1.09. The molecule has 0 saturated carbocycles. The van der Waals surface area contributed by atoms with Crippen molar-refractivity contribution in [2.24, 2.45) is 10.1 Å². The molecule has 0 spiro atoms. The van der Waals surface area contributed by atoms with Crippen molar-refractivity contribution in [1.82, 2.24) is 0 Å². The number of hydrogen-bond donors (Lipinski definition) is 2. The van der Waals surface area contributed by atoms with Crippen molar-refractivity contribution in [3.63, 3.8) is 0 Å². The first-order chi connectivity index (χ1) is 7.56. The van der Waals surface area contributed by atoms with Gasteiger partial charge in [-0.2, -0.15) is 0 Å². The molecule has 0 saturated heterocycles. The van der Waals surface area contributed by atoms with E-state index in [2.05, 4.69) is 10.1 Å². The third kappa shape index (κ3) is 2.66. The van der Waals surface area contributed by atoms with Crippen LogP contribution < -0.4 is 0 Å². The highest BCUT2D eigenvalue weighted by atomic mass is 16.4. The molecule has 0 atom stereocenters. The van der Waals surface area contributed by atoms with Crippen molar-refractivity contribution in [2.75, 3.05) is 0 Å². The summed E-state index contributed by atoms with van der Waals surface area (Å²) in [5.41, 5.74) is 1.28. The van der Waals surface area contributed by atoms with Crippen LogP contribution in [-0.2, 0) is 0 Å². The standard InChI is InChI=1S/C11H12N2O3/c1-7(8(2)13-16)12-10-6-4-3-5-9(10)11(14)15/h3-6,16H,1-2H3,(H,14,15)/b12-7?,13-8+. The zero-order valence-electron chi connectivity index (χ0n) is 9.01. The highest BCUT2D eigenvalue weighted by Crippen LogP contribution is 2.18. The predicted molar refractivity (Wildman–Crippen MR) is 61.1 cm³/mol. The van der Waals surface area contributed by atoms with E-state index >= 15 is 0 Å². The lowest BCUT2D eigenvalue weighted by Crippen LogP contribution is -2.05. The van der Waals surface area contributed by atoms with Crippen molar-refractivity contribution in [3.8, 4) is 0 Å². The zero-order chi connectivity index (χ0) is 12.1. The van der Waals surface area contributed by atoms with Gasteiger partial charge in [0.25, 0.3) is 0 Å². The molecule has 0 aromatic heterocycles. The summed E-state index contributed by atoms with van der Waals surface area (Å²) in [4.78, 5) is 15.0. The van der Waals surface area contributed by atoms with Gasteiger partial charge in [-0.1, -0.05) is 17.3 Å².